The van der Waals surface area contributed by atoms with Gasteiger partial charge in [-0.3, -0.25) is 9.59 Å². The van der Waals surface area contributed by atoms with Gasteiger partial charge in [-0.1, -0.05) is 59.8 Å². The third kappa shape index (κ3) is 5.97. The summed E-state index contributed by atoms with van der Waals surface area (Å²) in [6, 6.07) is 16.9. The van der Waals surface area contributed by atoms with Crippen LogP contribution in [0.15, 0.2) is 59.8 Å². The van der Waals surface area contributed by atoms with E-state index in [2.05, 4.69) is 20.8 Å². The SMILES string of the molecule is CCn1c(SCC(=O)N[C@@H](C)c2ccccc2)nnc1[C@@H](C)NC(=O)c1cccc(C)c1. The van der Waals surface area contributed by atoms with Gasteiger partial charge in [-0.15, -0.1) is 10.2 Å². The zero-order chi connectivity index (χ0) is 23.1. The van der Waals surface area contributed by atoms with Crippen molar-refractivity contribution in [2.75, 3.05) is 5.75 Å². The van der Waals surface area contributed by atoms with Gasteiger partial charge in [0.25, 0.3) is 5.91 Å². The molecule has 2 N–H and O–H groups in total. The minimum Gasteiger partial charge on any atom is -0.349 e. The molecule has 8 heteroatoms. The third-order valence-corrected chi connectivity index (χ3v) is 6.05. The number of carbonyl (C=O) groups excluding carboxylic acids is 2. The highest BCUT2D eigenvalue weighted by atomic mass is 32.2. The molecule has 2 amide bonds. The van der Waals surface area contributed by atoms with Gasteiger partial charge >= 0.3 is 0 Å². The molecule has 1 aromatic heterocycles. The number of nitrogens with one attached hydrogen (secondary N) is 2. The number of hydrogen-bond donors (Lipinski definition) is 2. The molecule has 0 saturated carbocycles. The molecule has 7 nitrogen and oxygen atoms in total. The van der Waals surface area contributed by atoms with Crippen LogP contribution in [0.3, 0.4) is 0 Å². The topological polar surface area (TPSA) is 88.9 Å². The summed E-state index contributed by atoms with van der Waals surface area (Å²) < 4.78 is 1.93. The summed E-state index contributed by atoms with van der Waals surface area (Å²) in [4.78, 5) is 25.0. The molecule has 3 aromatic rings. The van der Waals surface area contributed by atoms with E-state index < -0.39 is 0 Å². The lowest BCUT2D eigenvalue weighted by molar-refractivity contribution is -0.119. The van der Waals surface area contributed by atoms with Crippen LogP contribution in [0.4, 0.5) is 0 Å². The lowest BCUT2D eigenvalue weighted by Gasteiger charge is -2.16. The van der Waals surface area contributed by atoms with Gasteiger partial charge in [-0.2, -0.15) is 0 Å². The van der Waals surface area contributed by atoms with E-state index in [1.54, 1.807) is 6.07 Å². The standard InChI is InChI=1S/C24H29N5O2S/c1-5-29-22(18(4)26-23(31)20-13-9-10-16(2)14-20)27-28-24(29)32-15-21(30)25-17(3)19-11-7-6-8-12-19/h6-14,17-18H,5,15H2,1-4H3,(H,25,30)(H,26,31)/t17-,18+/m0/s1. The second-order valence-electron chi connectivity index (χ2n) is 7.64. The van der Waals surface area contributed by atoms with E-state index in [4.69, 9.17) is 0 Å². The summed E-state index contributed by atoms with van der Waals surface area (Å²) in [6.45, 7) is 8.42. The number of nitrogens with zero attached hydrogens (tertiary/aromatic N) is 3. The van der Waals surface area contributed by atoms with Crippen molar-refractivity contribution < 1.29 is 9.59 Å². The Morgan fingerprint density at radius 3 is 2.44 bits per heavy atom. The van der Waals surface area contributed by atoms with Crippen LogP contribution in [0, 0.1) is 6.92 Å². The van der Waals surface area contributed by atoms with Gasteiger partial charge in [-0.25, -0.2) is 0 Å². The molecule has 168 valence electrons. The molecule has 0 aliphatic rings. The average Bonchev–Trinajstić information content (AvgIpc) is 3.21. The molecular formula is C24H29N5O2S. The minimum atomic E-state index is -0.322. The maximum atomic E-state index is 12.6. The Morgan fingerprint density at radius 2 is 1.75 bits per heavy atom. The van der Waals surface area contributed by atoms with Crippen molar-refractivity contribution in [3.63, 3.8) is 0 Å². The highest BCUT2D eigenvalue weighted by molar-refractivity contribution is 7.99. The number of thioether (sulfide) groups is 1. The molecule has 1 heterocycles. The number of aromatic nitrogens is 3. The van der Waals surface area contributed by atoms with Crippen LogP contribution < -0.4 is 10.6 Å². The Balaban J connectivity index is 1.60. The Bertz CT molecular complexity index is 1070. The number of amides is 2. The van der Waals surface area contributed by atoms with Crippen LogP contribution in [0.5, 0.6) is 0 Å². The molecule has 2 atom stereocenters. The van der Waals surface area contributed by atoms with E-state index in [9.17, 15) is 9.59 Å². The monoisotopic (exact) mass is 451 g/mol. The van der Waals surface area contributed by atoms with Gasteiger partial charge in [-0.05, 0) is 45.4 Å². The second-order valence-corrected chi connectivity index (χ2v) is 8.58. The molecule has 3 rings (SSSR count). The Labute approximate surface area is 193 Å². The van der Waals surface area contributed by atoms with E-state index in [1.165, 1.54) is 11.8 Å². The number of benzene rings is 2. The lowest BCUT2D eigenvalue weighted by atomic mass is 10.1. The van der Waals surface area contributed by atoms with Gasteiger partial charge < -0.3 is 15.2 Å². The quantitative estimate of drug-likeness (QED) is 0.479. The number of rotatable bonds is 9. The molecule has 0 fully saturated rings. The zero-order valence-electron chi connectivity index (χ0n) is 18.8. The van der Waals surface area contributed by atoms with Crippen molar-refractivity contribution in [2.45, 2.75) is 51.5 Å². The van der Waals surface area contributed by atoms with E-state index in [0.29, 0.717) is 23.1 Å². The van der Waals surface area contributed by atoms with Crippen LogP contribution in [0.1, 0.15) is 60.2 Å². The van der Waals surface area contributed by atoms with E-state index in [1.807, 2.05) is 80.8 Å². The minimum absolute atomic E-state index is 0.0687. The first kappa shape index (κ1) is 23.5. The third-order valence-electron chi connectivity index (χ3n) is 5.09. The Morgan fingerprint density at radius 1 is 1.00 bits per heavy atom. The van der Waals surface area contributed by atoms with Crippen LogP contribution in [0.25, 0.3) is 0 Å². The highest BCUT2D eigenvalue weighted by Gasteiger charge is 2.20. The maximum absolute atomic E-state index is 12.6. The van der Waals surface area contributed by atoms with Gasteiger partial charge in [0.05, 0.1) is 17.8 Å². The fourth-order valence-corrected chi connectivity index (χ4v) is 4.21. The van der Waals surface area contributed by atoms with Crippen LogP contribution >= 0.6 is 11.8 Å². The molecule has 0 unspecified atom stereocenters. The summed E-state index contributed by atoms with van der Waals surface area (Å²) in [7, 11) is 0. The van der Waals surface area contributed by atoms with Crippen molar-refractivity contribution >= 4 is 23.6 Å². The van der Waals surface area contributed by atoms with Gasteiger partial charge in [0.1, 0.15) is 0 Å². The lowest BCUT2D eigenvalue weighted by Crippen LogP contribution is -2.29. The van der Waals surface area contributed by atoms with Crippen LogP contribution in [-0.2, 0) is 11.3 Å². The van der Waals surface area contributed by atoms with E-state index >= 15 is 0 Å². The second kappa shape index (κ2) is 10.9. The number of hydrogen-bond acceptors (Lipinski definition) is 5. The van der Waals surface area contributed by atoms with Gasteiger partial charge in [0.2, 0.25) is 5.91 Å². The van der Waals surface area contributed by atoms with Crippen LogP contribution in [-0.4, -0.2) is 32.3 Å². The molecular weight excluding hydrogens is 422 g/mol. The van der Waals surface area contributed by atoms with E-state index in [-0.39, 0.29) is 29.7 Å². The molecule has 0 aliphatic heterocycles. The van der Waals surface area contributed by atoms with Crippen molar-refractivity contribution in [1.29, 1.82) is 0 Å². The molecule has 0 aliphatic carbocycles. The molecule has 2 aromatic carbocycles. The van der Waals surface area contributed by atoms with Crippen molar-refractivity contribution in [3.8, 4) is 0 Å². The van der Waals surface area contributed by atoms with Crippen LogP contribution in [0.2, 0.25) is 0 Å². The van der Waals surface area contributed by atoms with Gasteiger partial charge in [0.15, 0.2) is 11.0 Å². The maximum Gasteiger partial charge on any atom is 0.251 e. The number of aryl methyl sites for hydroxylation is 1. The smallest absolute Gasteiger partial charge is 0.251 e. The first-order valence-corrected chi connectivity index (χ1v) is 11.6. The first-order chi connectivity index (χ1) is 15.4. The van der Waals surface area contributed by atoms with Crippen molar-refractivity contribution in [3.05, 3.63) is 77.1 Å². The fraction of sp³-hybridized carbons (Fsp3) is 0.333. The highest BCUT2D eigenvalue weighted by Crippen LogP contribution is 2.21. The largest absolute Gasteiger partial charge is 0.349 e. The summed E-state index contributed by atoms with van der Waals surface area (Å²) in [5.74, 6) is 0.669. The average molecular weight is 452 g/mol. The number of carbonyl (C=O) groups is 2. The first-order valence-electron chi connectivity index (χ1n) is 10.7. The molecule has 0 bridgehead atoms. The Hall–Kier alpha value is -3.13. The molecule has 0 saturated heterocycles. The zero-order valence-corrected chi connectivity index (χ0v) is 19.6. The Kier molecular flexibility index (Phi) is 8.05. The molecule has 0 radical (unpaired) electrons. The molecule has 32 heavy (non-hydrogen) atoms. The van der Waals surface area contributed by atoms with Gasteiger partial charge in [0, 0.05) is 12.1 Å². The van der Waals surface area contributed by atoms with Crippen molar-refractivity contribution in [2.24, 2.45) is 0 Å². The summed E-state index contributed by atoms with van der Waals surface area (Å²) in [5, 5.41) is 15.2. The van der Waals surface area contributed by atoms with Crippen molar-refractivity contribution in [1.82, 2.24) is 25.4 Å². The summed E-state index contributed by atoms with van der Waals surface area (Å²) >= 11 is 1.34. The summed E-state index contributed by atoms with van der Waals surface area (Å²) in [5.41, 5.74) is 2.70. The predicted molar refractivity (Wildman–Crippen MR) is 126 cm³/mol. The predicted octanol–water partition coefficient (Wildman–Crippen LogP) is 4.07. The fourth-order valence-electron chi connectivity index (χ4n) is 3.39. The van der Waals surface area contributed by atoms with E-state index in [0.717, 1.165) is 11.1 Å². The normalized spacial score (nSPS) is 12.8. The molecule has 0 spiro atoms. The summed E-state index contributed by atoms with van der Waals surface area (Å²) in [6.07, 6.45) is 0.